The number of amides is 1. The quantitative estimate of drug-likeness (QED) is 0.259. The predicted molar refractivity (Wildman–Crippen MR) is 160 cm³/mol. The van der Waals surface area contributed by atoms with E-state index in [9.17, 15) is 13.4 Å². The van der Waals surface area contributed by atoms with Crippen LogP contribution in [0.5, 0.6) is 0 Å². The lowest BCUT2D eigenvalue weighted by Gasteiger charge is -2.33. The summed E-state index contributed by atoms with van der Waals surface area (Å²) in [5, 5.41) is 4.53. The third kappa shape index (κ3) is 6.17. The van der Waals surface area contributed by atoms with Crippen LogP contribution in [0.25, 0.3) is 5.69 Å². The zero-order valence-electron chi connectivity index (χ0n) is 23.8. The average molecular weight is 607 g/mol. The number of rotatable bonds is 7. The lowest BCUT2D eigenvalue weighted by Crippen LogP contribution is -2.35. The lowest BCUT2D eigenvalue weighted by molar-refractivity contribution is -0.00244. The molecule has 2 atom stereocenters. The number of halogens is 3. The second kappa shape index (κ2) is 12.1. The van der Waals surface area contributed by atoms with E-state index in [4.69, 9.17) is 0 Å². The fourth-order valence-corrected chi connectivity index (χ4v) is 6.77. The van der Waals surface area contributed by atoms with Crippen molar-refractivity contribution in [3.63, 3.8) is 0 Å². The van der Waals surface area contributed by atoms with Gasteiger partial charge >= 0.3 is 0 Å². The molecule has 43 heavy (non-hydrogen) atoms. The molecule has 3 aromatic carbocycles. The number of hydrogen-bond donors (Lipinski definition) is 0. The monoisotopic (exact) mass is 606 g/mol. The minimum absolute atomic E-state index is 0.0410. The summed E-state index contributed by atoms with van der Waals surface area (Å²) in [6, 6.07) is 22.3. The molecule has 2 aliphatic heterocycles. The molecule has 0 spiro atoms. The summed E-state index contributed by atoms with van der Waals surface area (Å²) in [5.74, 6) is -5.02. The first-order valence-corrected chi connectivity index (χ1v) is 16.0. The molecule has 2 saturated heterocycles. The molecule has 1 amide bonds. The molecule has 1 aromatic heterocycles. The largest absolute Gasteiger partial charge is 0.332 e. The van der Waals surface area contributed by atoms with Crippen molar-refractivity contribution in [2.75, 3.05) is 32.4 Å². The van der Waals surface area contributed by atoms with E-state index in [1.807, 2.05) is 24.3 Å². The molecule has 2 aliphatic rings. The van der Waals surface area contributed by atoms with E-state index in [0.717, 1.165) is 42.9 Å². The highest BCUT2D eigenvalue weighted by atomic mass is 32.2. The van der Waals surface area contributed by atoms with Crippen molar-refractivity contribution in [1.82, 2.24) is 19.6 Å². The highest BCUT2D eigenvalue weighted by molar-refractivity contribution is 7.84. The summed E-state index contributed by atoms with van der Waals surface area (Å²) in [6.45, 7) is 1.55. The maximum atomic E-state index is 15.2. The molecule has 0 aliphatic carbocycles. The zero-order chi connectivity index (χ0) is 30.1. The van der Waals surface area contributed by atoms with Crippen LogP contribution in [0.4, 0.5) is 13.2 Å². The highest BCUT2D eigenvalue weighted by Gasteiger charge is 2.50. The van der Waals surface area contributed by atoms with Crippen molar-refractivity contribution >= 4 is 16.7 Å². The van der Waals surface area contributed by atoms with E-state index < -0.39 is 35.1 Å². The third-order valence-corrected chi connectivity index (χ3v) is 9.48. The minimum Gasteiger partial charge on any atom is -0.332 e. The van der Waals surface area contributed by atoms with E-state index >= 15 is 8.78 Å². The van der Waals surface area contributed by atoms with Gasteiger partial charge in [-0.25, -0.2) is 17.9 Å². The smallest absolute Gasteiger partial charge is 0.273 e. The summed E-state index contributed by atoms with van der Waals surface area (Å²) in [5.41, 5.74) is 3.24. The summed E-state index contributed by atoms with van der Waals surface area (Å²) in [7, 11) is -1.02. The first kappa shape index (κ1) is 29.3. The van der Waals surface area contributed by atoms with Crippen molar-refractivity contribution < 1.29 is 22.2 Å². The maximum absolute atomic E-state index is 15.2. The first-order chi connectivity index (χ1) is 20.7. The Balaban J connectivity index is 1.24. The Bertz CT molecular complexity index is 1600. The molecular formula is C33H33F3N4O2S. The molecule has 0 saturated carbocycles. The summed E-state index contributed by atoms with van der Waals surface area (Å²) >= 11 is 0. The summed E-state index contributed by atoms with van der Waals surface area (Å²) in [6.07, 6.45) is 4.62. The molecule has 224 valence electrons. The molecule has 6 rings (SSSR count). The van der Waals surface area contributed by atoms with E-state index in [-0.39, 0.29) is 18.3 Å². The molecule has 0 bridgehead atoms. The molecule has 2 unspecified atom stereocenters. The number of piperidine rings is 1. The second-order valence-electron chi connectivity index (χ2n) is 11.4. The number of carbonyl (C=O) groups excluding carboxylic acids is 1. The van der Waals surface area contributed by atoms with Gasteiger partial charge in [-0.2, -0.15) is 5.10 Å². The fraction of sp³-hybridized carbons (Fsp3) is 0.333. The topological polar surface area (TPSA) is 58.4 Å². The van der Waals surface area contributed by atoms with Crippen LogP contribution in [0.1, 0.15) is 51.9 Å². The van der Waals surface area contributed by atoms with Crippen molar-refractivity contribution in [1.29, 1.82) is 0 Å². The van der Waals surface area contributed by atoms with Crippen LogP contribution in [-0.4, -0.2) is 68.1 Å². The second-order valence-corrected chi connectivity index (χ2v) is 12.8. The number of hydrogen-bond acceptors (Lipinski definition) is 4. The van der Waals surface area contributed by atoms with Crippen LogP contribution in [0, 0.1) is 5.82 Å². The van der Waals surface area contributed by atoms with Gasteiger partial charge in [0.15, 0.2) is 0 Å². The first-order valence-electron chi connectivity index (χ1n) is 14.4. The van der Waals surface area contributed by atoms with Crippen LogP contribution in [0.2, 0.25) is 0 Å². The predicted octanol–water partition coefficient (Wildman–Crippen LogP) is 6.00. The Morgan fingerprint density at radius 3 is 2.30 bits per heavy atom. The molecule has 10 heteroatoms. The Morgan fingerprint density at radius 2 is 1.65 bits per heavy atom. The summed E-state index contributed by atoms with van der Waals surface area (Å²) in [4.78, 5) is 18.3. The molecular weight excluding hydrogens is 573 g/mol. The summed E-state index contributed by atoms with van der Waals surface area (Å²) < 4.78 is 57.5. The van der Waals surface area contributed by atoms with E-state index in [1.165, 1.54) is 23.2 Å². The normalized spacial score (nSPS) is 19.9. The van der Waals surface area contributed by atoms with Crippen LogP contribution >= 0.6 is 0 Å². The van der Waals surface area contributed by atoms with Crippen LogP contribution in [0.3, 0.4) is 0 Å². The molecule has 2 fully saturated rings. The minimum atomic E-state index is -3.06. The molecule has 3 heterocycles. The number of likely N-dealkylation sites (tertiary alicyclic amines) is 2. The van der Waals surface area contributed by atoms with Crippen molar-refractivity contribution in [3.05, 3.63) is 113 Å². The Hall–Kier alpha value is -3.76. The van der Waals surface area contributed by atoms with Gasteiger partial charge in [-0.1, -0.05) is 42.5 Å². The molecule has 0 radical (unpaired) electrons. The van der Waals surface area contributed by atoms with Gasteiger partial charge in [-0.15, -0.1) is 0 Å². The number of aromatic nitrogens is 2. The number of benzene rings is 3. The Kier molecular flexibility index (Phi) is 8.24. The van der Waals surface area contributed by atoms with Crippen LogP contribution in [-0.2, 0) is 17.3 Å². The van der Waals surface area contributed by atoms with Gasteiger partial charge in [-0.3, -0.25) is 13.9 Å². The zero-order valence-corrected chi connectivity index (χ0v) is 24.7. The van der Waals surface area contributed by atoms with Crippen LogP contribution in [0.15, 0.2) is 90.0 Å². The molecule has 6 nitrogen and oxygen atoms in total. The van der Waals surface area contributed by atoms with Gasteiger partial charge in [0.2, 0.25) is 0 Å². The number of alkyl halides is 2. The van der Waals surface area contributed by atoms with Gasteiger partial charge < -0.3 is 4.90 Å². The van der Waals surface area contributed by atoms with Gasteiger partial charge in [-0.05, 0) is 73.5 Å². The van der Waals surface area contributed by atoms with Crippen LogP contribution < -0.4 is 0 Å². The van der Waals surface area contributed by atoms with E-state index in [2.05, 4.69) is 10.00 Å². The van der Waals surface area contributed by atoms with E-state index in [1.54, 1.807) is 53.4 Å². The maximum Gasteiger partial charge on any atom is 0.273 e. The fourth-order valence-electron chi connectivity index (χ4n) is 6.26. The highest BCUT2D eigenvalue weighted by Crippen LogP contribution is 2.41. The third-order valence-electron chi connectivity index (χ3n) is 8.55. The average Bonchev–Trinajstić information content (AvgIpc) is 3.59. The molecule has 4 aromatic rings. The molecule has 0 N–H and O–H groups in total. The standard InChI is InChI=1S/C33H33F3N4O2S/c1-43(42)28-13-7-23(8-14-28)20-38-17-15-25(16-18-38)31-29(19-37-40(31)27-11-9-26(34)10-12-27)32(41)39-21-30(33(35,36)22-39)24-5-3-2-4-6-24/h2-14,19,25,30H,15-18,20-22H2,1H3. The Morgan fingerprint density at radius 1 is 0.977 bits per heavy atom. The van der Waals surface area contributed by atoms with Gasteiger partial charge in [0.25, 0.3) is 11.8 Å². The van der Waals surface area contributed by atoms with E-state index in [0.29, 0.717) is 22.5 Å². The van der Waals surface area contributed by atoms with Gasteiger partial charge in [0.05, 0.1) is 35.6 Å². The number of nitrogens with zero attached hydrogens (tertiary/aromatic N) is 4. The van der Waals surface area contributed by atoms with Gasteiger partial charge in [0.1, 0.15) is 5.82 Å². The lowest BCUT2D eigenvalue weighted by atomic mass is 9.90. The SMILES string of the molecule is CS(=O)c1ccc(CN2CCC(c3c(C(=O)N4CC(c5ccccc5)C(F)(F)C4)cnn3-c3ccc(F)cc3)CC2)cc1. The van der Waals surface area contributed by atoms with Crippen molar-refractivity contribution in [3.8, 4) is 5.69 Å². The Labute approximate surface area is 251 Å². The van der Waals surface area contributed by atoms with Crippen molar-refractivity contribution in [2.45, 2.75) is 42.0 Å². The van der Waals surface area contributed by atoms with Crippen molar-refractivity contribution in [2.24, 2.45) is 0 Å². The number of carbonyl (C=O) groups is 1. The van der Waals surface area contributed by atoms with Gasteiger partial charge in [0, 0.05) is 41.0 Å².